The molecule has 1 aliphatic rings. The number of carbonyl (C=O) groups is 1. The number of hydrogen-bond acceptors (Lipinski definition) is 4. The average Bonchev–Trinajstić information content (AvgIpc) is 3.29. The van der Waals surface area contributed by atoms with Crippen molar-refractivity contribution in [3.8, 4) is 5.75 Å². The van der Waals surface area contributed by atoms with E-state index in [2.05, 4.69) is 4.90 Å². The molecule has 1 fully saturated rings. The topological polar surface area (TPSA) is 70.0 Å². The van der Waals surface area contributed by atoms with E-state index in [9.17, 15) is 4.79 Å². The molecule has 5 nitrogen and oxygen atoms in total. The van der Waals surface area contributed by atoms with Gasteiger partial charge in [-0.3, -0.25) is 4.90 Å². The molecule has 21 heavy (non-hydrogen) atoms. The zero-order valence-corrected chi connectivity index (χ0v) is 12.2. The Morgan fingerprint density at radius 2 is 2.24 bits per heavy atom. The zero-order valence-electron chi connectivity index (χ0n) is 12.2. The Balaban J connectivity index is 2.18. The van der Waals surface area contributed by atoms with Crippen molar-refractivity contribution in [2.75, 3.05) is 20.3 Å². The number of ether oxygens (including phenoxy) is 1. The number of aliphatic carboxylic acids is 1. The number of hydrogen-bond donors (Lipinski definition) is 2. The van der Waals surface area contributed by atoms with E-state index in [0.29, 0.717) is 19.1 Å². The molecule has 1 aromatic carbocycles. The molecule has 0 radical (unpaired) electrons. The van der Waals surface area contributed by atoms with Gasteiger partial charge in [-0.05, 0) is 36.6 Å². The summed E-state index contributed by atoms with van der Waals surface area (Å²) in [5.41, 5.74) is 1.83. The van der Waals surface area contributed by atoms with Crippen molar-refractivity contribution in [3.63, 3.8) is 0 Å². The van der Waals surface area contributed by atoms with E-state index < -0.39 is 5.97 Å². The van der Waals surface area contributed by atoms with Crippen molar-refractivity contribution in [2.24, 2.45) is 0 Å². The van der Waals surface area contributed by atoms with Gasteiger partial charge in [0.05, 0.1) is 13.7 Å². The molecule has 1 saturated carbocycles. The van der Waals surface area contributed by atoms with Crippen LogP contribution in [-0.4, -0.2) is 47.4 Å². The average molecular weight is 291 g/mol. The maximum Gasteiger partial charge on any atom is 0.328 e. The summed E-state index contributed by atoms with van der Waals surface area (Å²) in [5, 5.41) is 17.9. The Morgan fingerprint density at radius 1 is 1.48 bits per heavy atom. The van der Waals surface area contributed by atoms with E-state index >= 15 is 0 Å². The zero-order chi connectivity index (χ0) is 15.2. The van der Waals surface area contributed by atoms with Gasteiger partial charge in [-0.2, -0.15) is 0 Å². The predicted molar refractivity (Wildman–Crippen MR) is 80.2 cm³/mol. The standard InChI is InChI=1S/C16H21NO4/c1-21-15-6-2-12(3-7-16(19)20)10-13(15)11-17(8-9-18)14-4-5-14/h2-3,6-7,10,14,18H,4-5,8-9,11H2,1H3,(H,19,20). The van der Waals surface area contributed by atoms with Crippen LogP contribution in [-0.2, 0) is 11.3 Å². The van der Waals surface area contributed by atoms with Crippen LogP contribution in [0.1, 0.15) is 24.0 Å². The fourth-order valence-corrected chi connectivity index (χ4v) is 2.37. The van der Waals surface area contributed by atoms with Gasteiger partial charge in [0.1, 0.15) is 5.75 Å². The fraction of sp³-hybridized carbons (Fsp3) is 0.438. The SMILES string of the molecule is COc1ccc(C=CC(=O)O)cc1CN(CCO)C1CC1. The van der Waals surface area contributed by atoms with Crippen LogP contribution in [0.5, 0.6) is 5.75 Å². The fourth-order valence-electron chi connectivity index (χ4n) is 2.37. The van der Waals surface area contributed by atoms with Crippen molar-refractivity contribution in [1.29, 1.82) is 0 Å². The van der Waals surface area contributed by atoms with Gasteiger partial charge in [0.25, 0.3) is 0 Å². The van der Waals surface area contributed by atoms with Gasteiger partial charge in [-0.15, -0.1) is 0 Å². The molecule has 114 valence electrons. The molecule has 1 aliphatic carbocycles. The van der Waals surface area contributed by atoms with E-state index in [1.807, 2.05) is 18.2 Å². The molecular weight excluding hydrogens is 270 g/mol. The molecule has 0 atom stereocenters. The smallest absolute Gasteiger partial charge is 0.328 e. The molecule has 5 heteroatoms. The minimum absolute atomic E-state index is 0.136. The Morgan fingerprint density at radius 3 is 2.81 bits per heavy atom. The summed E-state index contributed by atoms with van der Waals surface area (Å²) < 4.78 is 5.38. The van der Waals surface area contributed by atoms with Crippen LogP contribution in [0.4, 0.5) is 0 Å². The first-order valence-corrected chi connectivity index (χ1v) is 7.07. The molecule has 0 spiro atoms. The number of aliphatic hydroxyl groups is 1. The molecule has 0 aliphatic heterocycles. The number of methoxy groups -OCH3 is 1. The van der Waals surface area contributed by atoms with Crippen molar-refractivity contribution in [2.45, 2.75) is 25.4 Å². The Kier molecular flexibility index (Phi) is 5.36. The lowest BCUT2D eigenvalue weighted by Crippen LogP contribution is -2.28. The maximum absolute atomic E-state index is 10.6. The van der Waals surface area contributed by atoms with E-state index in [4.69, 9.17) is 14.9 Å². The summed E-state index contributed by atoms with van der Waals surface area (Å²) in [4.78, 5) is 12.8. The number of carboxylic acid groups (broad SMARTS) is 1. The number of benzene rings is 1. The molecular formula is C16H21NO4. The summed E-state index contributed by atoms with van der Waals surface area (Å²) in [6, 6.07) is 6.15. The van der Waals surface area contributed by atoms with E-state index in [1.165, 1.54) is 12.8 Å². The normalized spacial score (nSPS) is 14.8. The van der Waals surface area contributed by atoms with Gasteiger partial charge in [-0.1, -0.05) is 6.07 Å². The minimum atomic E-state index is -0.966. The number of nitrogens with zero attached hydrogens (tertiary/aromatic N) is 1. The first kappa shape index (κ1) is 15.5. The molecule has 0 unspecified atom stereocenters. The summed E-state index contributed by atoms with van der Waals surface area (Å²) in [7, 11) is 1.62. The molecule has 0 aromatic heterocycles. The van der Waals surface area contributed by atoms with Crippen LogP contribution < -0.4 is 4.74 Å². The summed E-state index contributed by atoms with van der Waals surface area (Å²) >= 11 is 0. The predicted octanol–water partition coefficient (Wildman–Crippen LogP) is 1.75. The first-order valence-electron chi connectivity index (χ1n) is 7.07. The molecule has 0 bridgehead atoms. The van der Waals surface area contributed by atoms with E-state index in [-0.39, 0.29) is 6.61 Å². The maximum atomic E-state index is 10.6. The quantitative estimate of drug-likeness (QED) is 0.714. The summed E-state index contributed by atoms with van der Waals surface area (Å²) in [6.07, 6.45) is 5.03. The van der Waals surface area contributed by atoms with Gasteiger partial charge in [0, 0.05) is 30.8 Å². The van der Waals surface area contributed by atoms with Gasteiger partial charge < -0.3 is 14.9 Å². The van der Waals surface area contributed by atoms with Crippen LogP contribution in [0, 0.1) is 0 Å². The summed E-state index contributed by atoms with van der Waals surface area (Å²) in [5.74, 6) is -0.182. The highest BCUT2D eigenvalue weighted by molar-refractivity contribution is 5.85. The van der Waals surface area contributed by atoms with Gasteiger partial charge in [0.2, 0.25) is 0 Å². The molecule has 0 heterocycles. The highest BCUT2D eigenvalue weighted by atomic mass is 16.5. The van der Waals surface area contributed by atoms with Crippen LogP contribution in [0.25, 0.3) is 6.08 Å². The van der Waals surface area contributed by atoms with Crippen LogP contribution in [0.15, 0.2) is 24.3 Å². The lowest BCUT2D eigenvalue weighted by Gasteiger charge is -2.22. The third-order valence-corrected chi connectivity index (χ3v) is 3.55. The first-order chi connectivity index (χ1) is 10.1. The third kappa shape index (κ3) is 4.58. The lowest BCUT2D eigenvalue weighted by atomic mass is 10.1. The second-order valence-corrected chi connectivity index (χ2v) is 5.17. The van der Waals surface area contributed by atoms with Gasteiger partial charge in [0.15, 0.2) is 0 Å². The van der Waals surface area contributed by atoms with Crippen LogP contribution in [0.2, 0.25) is 0 Å². The molecule has 0 saturated heterocycles. The highest BCUT2D eigenvalue weighted by Gasteiger charge is 2.29. The molecule has 2 N–H and O–H groups in total. The van der Waals surface area contributed by atoms with Gasteiger partial charge >= 0.3 is 5.97 Å². The second kappa shape index (κ2) is 7.24. The van der Waals surface area contributed by atoms with Crippen molar-refractivity contribution >= 4 is 12.0 Å². The Hall–Kier alpha value is -1.85. The van der Waals surface area contributed by atoms with Crippen molar-refractivity contribution < 1.29 is 19.7 Å². The lowest BCUT2D eigenvalue weighted by molar-refractivity contribution is -0.131. The van der Waals surface area contributed by atoms with Crippen molar-refractivity contribution in [3.05, 3.63) is 35.4 Å². The minimum Gasteiger partial charge on any atom is -0.496 e. The van der Waals surface area contributed by atoms with E-state index in [1.54, 1.807) is 13.2 Å². The molecule has 0 amide bonds. The van der Waals surface area contributed by atoms with Gasteiger partial charge in [-0.25, -0.2) is 4.79 Å². The third-order valence-electron chi connectivity index (χ3n) is 3.55. The van der Waals surface area contributed by atoms with E-state index in [0.717, 1.165) is 23.0 Å². The number of aliphatic hydroxyl groups excluding tert-OH is 1. The monoisotopic (exact) mass is 291 g/mol. The largest absolute Gasteiger partial charge is 0.496 e. The highest BCUT2D eigenvalue weighted by Crippen LogP contribution is 2.30. The summed E-state index contributed by atoms with van der Waals surface area (Å²) in [6.45, 7) is 1.48. The van der Waals surface area contributed by atoms with Crippen LogP contribution in [0.3, 0.4) is 0 Å². The van der Waals surface area contributed by atoms with Crippen LogP contribution >= 0.6 is 0 Å². The van der Waals surface area contributed by atoms with Crippen molar-refractivity contribution in [1.82, 2.24) is 4.90 Å². The molecule has 2 rings (SSSR count). The number of carboxylic acids is 1. The number of rotatable bonds is 8. The Labute approximate surface area is 124 Å². The second-order valence-electron chi connectivity index (χ2n) is 5.17. The molecule has 1 aromatic rings. The Bertz CT molecular complexity index is 523.